The highest BCUT2D eigenvalue weighted by molar-refractivity contribution is 14.0. The molecule has 1 aromatic heterocycles. The smallest absolute Gasteiger partial charge is 0.191 e. The summed E-state index contributed by atoms with van der Waals surface area (Å²) in [5.41, 5.74) is 1.27. The number of halogens is 1. The number of hydrogen-bond donors (Lipinski definition) is 3. The van der Waals surface area contributed by atoms with Crippen molar-refractivity contribution in [3.63, 3.8) is 0 Å². The minimum atomic E-state index is -0.635. The van der Waals surface area contributed by atoms with E-state index in [0.29, 0.717) is 12.6 Å². The number of aliphatic hydroxyl groups is 1. The molecule has 3 N–H and O–H groups in total. The zero-order chi connectivity index (χ0) is 16.5. The molecule has 7 heteroatoms. The predicted octanol–water partition coefficient (Wildman–Crippen LogP) is 2.06. The third-order valence-corrected chi connectivity index (χ3v) is 5.18. The molecule has 0 saturated heterocycles. The normalized spacial score (nSPS) is 20.6. The van der Waals surface area contributed by atoms with E-state index >= 15 is 0 Å². The second-order valence-corrected chi connectivity index (χ2v) is 7.20. The number of nitrogens with one attached hydrogen (secondary N) is 2. The highest BCUT2D eigenvalue weighted by Gasteiger charge is 2.65. The third-order valence-electron chi connectivity index (χ3n) is 5.18. The summed E-state index contributed by atoms with van der Waals surface area (Å²) in [4.78, 5) is 4.52. The number of nitrogens with zero attached hydrogens (tertiary/aromatic N) is 3. The number of aliphatic hydroxyl groups excluding tert-OH is 1. The van der Waals surface area contributed by atoms with Crippen molar-refractivity contribution in [1.29, 1.82) is 0 Å². The van der Waals surface area contributed by atoms with Gasteiger partial charge in [0.1, 0.15) is 6.10 Å². The fourth-order valence-corrected chi connectivity index (χ4v) is 2.91. The summed E-state index contributed by atoms with van der Waals surface area (Å²) in [5, 5.41) is 21.0. The van der Waals surface area contributed by atoms with Gasteiger partial charge in [-0.3, -0.25) is 9.67 Å². The summed E-state index contributed by atoms with van der Waals surface area (Å²) < 4.78 is 1.68. The minimum Gasteiger partial charge on any atom is -0.386 e. The van der Waals surface area contributed by atoms with Gasteiger partial charge in [0.15, 0.2) is 5.96 Å². The van der Waals surface area contributed by atoms with Crippen LogP contribution in [0.1, 0.15) is 46.3 Å². The Balaban J connectivity index is 0.00000264. The van der Waals surface area contributed by atoms with Gasteiger partial charge < -0.3 is 15.7 Å². The highest BCUT2D eigenvalue weighted by Crippen LogP contribution is 2.62. The lowest BCUT2D eigenvalue weighted by molar-refractivity contribution is 0.187. The Bertz CT molecular complexity index is 538. The molecule has 0 aliphatic heterocycles. The average Bonchev–Trinajstić information content (AvgIpc) is 2.78. The molecule has 23 heavy (non-hydrogen) atoms. The second kappa shape index (κ2) is 7.38. The van der Waals surface area contributed by atoms with Crippen LogP contribution in [-0.2, 0) is 7.05 Å². The van der Waals surface area contributed by atoms with Crippen molar-refractivity contribution in [3.05, 3.63) is 18.0 Å². The second-order valence-electron chi connectivity index (χ2n) is 7.20. The highest BCUT2D eigenvalue weighted by atomic mass is 127. The van der Waals surface area contributed by atoms with Gasteiger partial charge in [0, 0.05) is 31.4 Å². The number of aryl methyl sites for hydroxylation is 1. The Morgan fingerprint density at radius 2 is 2.00 bits per heavy atom. The molecule has 0 bridgehead atoms. The van der Waals surface area contributed by atoms with Gasteiger partial charge in [0.05, 0.1) is 12.7 Å². The van der Waals surface area contributed by atoms with Gasteiger partial charge in [-0.05, 0) is 17.8 Å². The van der Waals surface area contributed by atoms with Crippen LogP contribution in [0.2, 0.25) is 0 Å². The first-order valence-electron chi connectivity index (χ1n) is 7.91. The van der Waals surface area contributed by atoms with Crippen molar-refractivity contribution in [1.82, 2.24) is 20.4 Å². The van der Waals surface area contributed by atoms with Crippen molar-refractivity contribution in [2.24, 2.45) is 22.9 Å². The van der Waals surface area contributed by atoms with E-state index in [0.717, 1.165) is 18.1 Å². The first-order chi connectivity index (χ1) is 10.2. The monoisotopic (exact) mass is 435 g/mol. The van der Waals surface area contributed by atoms with E-state index < -0.39 is 6.10 Å². The van der Waals surface area contributed by atoms with Crippen LogP contribution in [-0.4, -0.2) is 40.0 Å². The molecular formula is C16H30IN5O. The molecule has 1 heterocycles. The molecule has 1 saturated carbocycles. The minimum absolute atomic E-state index is 0. The zero-order valence-electron chi connectivity index (χ0n) is 14.9. The van der Waals surface area contributed by atoms with E-state index in [1.165, 1.54) is 0 Å². The van der Waals surface area contributed by atoms with Gasteiger partial charge in [0.2, 0.25) is 0 Å². The van der Waals surface area contributed by atoms with E-state index in [1.807, 2.05) is 20.2 Å². The molecule has 1 aliphatic rings. The van der Waals surface area contributed by atoms with Crippen LogP contribution in [0.15, 0.2) is 17.4 Å². The van der Waals surface area contributed by atoms with Gasteiger partial charge in [-0.1, -0.05) is 27.7 Å². The molecule has 0 spiro atoms. The standard InChI is InChI=1S/C16H29N5O.HI/c1-7-17-14(20-13-15(2,3)16(13,4)5)18-9-12(22)11-8-19-21(6)10-11;/h8,10,12-13,22H,7,9H2,1-6H3,(H2,17,18,20);1H. The van der Waals surface area contributed by atoms with Crippen LogP contribution < -0.4 is 10.6 Å². The van der Waals surface area contributed by atoms with Gasteiger partial charge in [-0.25, -0.2) is 0 Å². The number of aliphatic imine (C=N–C) groups is 1. The Hall–Kier alpha value is -0.830. The molecule has 1 aromatic rings. The maximum absolute atomic E-state index is 10.2. The van der Waals surface area contributed by atoms with Crippen molar-refractivity contribution >= 4 is 29.9 Å². The van der Waals surface area contributed by atoms with Crippen molar-refractivity contribution in [3.8, 4) is 0 Å². The fourth-order valence-electron chi connectivity index (χ4n) is 2.91. The molecule has 6 nitrogen and oxygen atoms in total. The lowest BCUT2D eigenvalue weighted by Gasteiger charge is -2.14. The summed E-state index contributed by atoms with van der Waals surface area (Å²) in [6.07, 6.45) is 2.85. The molecule has 132 valence electrons. The van der Waals surface area contributed by atoms with Crippen LogP contribution in [0.25, 0.3) is 0 Å². The zero-order valence-corrected chi connectivity index (χ0v) is 17.3. The first-order valence-corrected chi connectivity index (χ1v) is 7.91. The summed E-state index contributed by atoms with van der Waals surface area (Å²) in [6, 6.07) is 0.383. The molecule has 1 aliphatic carbocycles. The number of hydrogen-bond acceptors (Lipinski definition) is 3. The van der Waals surface area contributed by atoms with Gasteiger partial charge in [0.25, 0.3) is 0 Å². The largest absolute Gasteiger partial charge is 0.386 e. The van der Waals surface area contributed by atoms with E-state index in [4.69, 9.17) is 0 Å². The van der Waals surface area contributed by atoms with Gasteiger partial charge in [-0.15, -0.1) is 24.0 Å². The van der Waals surface area contributed by atoms with E-state index in [2.05, 4.69) is 48.4 Å². The van der Waals surface area contributed by atoms with Crippen LogP contribution >= 0.6 is 24.0 Å². The predicted molar refractivity (Wildman–Crippen MR) is 104 cm³/mol. The lowest BCUT2D eigenvalue weighted by Crippen LogP contribution is -2.41. The molecule has 0 radical (unpaired) electrons. The molecule has 0 amide bonds. The average molecular weight is 435 g/mol. The Labute approximate surface area is 156 Å². The van der Waals surface area contributed by atoms with Crippen molar-refractivity contribution in [2.45, 2.75) is 46.8 Å². The summed E-state index contributed by atoms with van der Waals surface area (Å²) in [7, 11) is 1.84. The Kier molecular flexibility index (Phi) is 6.48. The third kappa shape index (κ3) is 4.17. The maximum atomic E-state index is 10.2. The first kappa shape index (κ1) is 20.2. The van der Waals surface area contributed by atoms with Gasteiger partial charge >= 0.3 is 0 Å². The lowest BCUT2D eigenvalue weighted by atomic mass is 10.0. The maximum Gasteiger partial charge on any atom is 0.191 e. The molecule has 1 atom stereocenters. The SMILES string of the molecule is CCNC(=NCC(O)c1cnn(C)c1)NC1C(C)(C)C1(C)C.I. The quantitative estimate of drug-likeness (QED) is 0.376. The van der Waals surface area contributed by atoms with E-state index in [1.54, 1.807) is 10.9 Å². The van der Waals surface area contributed by atoms with E-state index in [9.17, 15) is 5.11 Å². The molecule has 1 fully saturated rings. The molecular weight excluding hydrogens is 405 g/mol. The fraction of sp³-hybridized carbons (Fsp3) is 0.750. The number of rotatable bonds is 5. The molecule has 2 rings (SSSR count). The number of guanidine groups is 1. The molecule has 1 unspecified atom stereocenters. The summed E-state index contributed by atoms with van der Waals surface area (Å²) in [6.45, 7) is 12.2. The topological polar surface area (TPSA) is 74.5 Å². The van der Waals surface area contributed by atoms with Gasteiger partial charge in [-0.2, -0.15) is 5.10 Å². The Morgan fingerprint density at radius 1 is 1.39 bits per heavy atom. The number of aromatic nitrogens is 2. The summed E-state index contributed by atoms with van der Waals surface area (Å²) >= 11 is 0. The van der Waals surface area contributed by atoms with Crippen LogP contribution in [0.5, 0.6) is 0 Å². The Morgan fingerprint density at radius 3 is 2.43 bits per heavy atom. The van der Waals surface area contributed by atoms with Crippen molar-refractivity contribution in [2.75, 3.05) is 13.1 Å². The van der Waals surface area contributed by atoms with Crippen molar-refractivity contribution < 1.29 is 5.11 Å². The van der Waals surface area contributed by atoms with Crippen LogP contribution in [0.4, 0.5) is 0 Å². The van der Waals surface area contributed by atoms with Crippen LogP contribution in [0, 0.1) is 10.8 Å². The molecule has 0 aromatic carbocycles. The summed E-state index contributed by atoms with van der Waals surface area (Å²) in [5.74, 6) is 0.758. The van der Waals surface area contributed by atoms with Crippen LogP contribution in [0.3, 0.4) is 0 Å². The van der Waals surface area contributed by atoms with E-state index in [-0.39, 0.29) is 34.8 Å².